The Balaban J connectivity index is 3.18. The molecule has 58 valence electrons. The van der Waals surface area contributed by atoms with Gasteiger partial charge in [0.15, 0.2) is 0 Å². The smallest absolute Gasteiger partial charge is 0.276 e. The van der Waals surface area contributed by atoms with E-state index in [0.29, 0.717) is 5.57 Å². The summed E-state index contributed by atoms with van der Waals surface area (Å²) in [7, 11) is 1.42. The fraction of sp³-hybridized carbons (Fsp3) is 0.286. The van der Waals surface area contributed by atoms with E-state index in [4.69, 9.17) is 0 Å². The number of imide groups is 1. The van der Waals surface area contributed by atoms with Gasteiger partial charge in [0.1, 0.15) is 5.70 Å². The lowest BCUT2D eigenvalue weighted by Crippen LogP contribution is -2.26. The predicted octanol–water partition coefficient (Wildman–Crippen LogP) is -0.0404. The van der Waals surface area contributed by atoms with Gasteiger partial charge in [-0.1, -0.05) is 0 Å². The van der Waals surface area contributed by atoms with Crippen molar-refractivity contribution in [3.63, 3.8) is 0 Å². The number of hydrogen-bond acceptors (Lipinski definition) is 3. The second-order valence-corrected chi connectivity index (χ2v) is 2.30. The van der Waals surface area contributed by atoms with Crippen LogP contribution in [0.5, 0.6) is 0 Å². The van der Waals surface area contributed by atoms with Gasteiger partial charge in [0.2, 0.25) is 0 Å². The highest BCUT2D eigenvalue weighted by Gasteiger charge is 2.32. The van der Waals surface area contributed by atoms with Crippen LogP contribution in [0.15, 0.2) is 16.3 Å². The lowest BCUT2D eigenvalue weighted by Gasteiger charge is -2.03. The van der Waals surface area contributed by atoms with E-state index in [-0.39, 0.29) is 17.5 Å². The van der Waals surface area contributed by atoms with Crippen molar-refractivity contribution in [1.29, 1.82) is 0 Å². The second kappa shape index (κ2) is 2.30. The van der Waals surface area contributed by atoms with Crippen LogP contribution in [-0.2, 0) is 9.59 Å². The average molecular weight is 152 g/mol. The second-order valence-electron chi connectivity index (χ2n) is 2.30. The largest absolute Gasteiger partial charge is 0.279 e. The summed E-state index contributed by atoms with van der Waals surface area (Å²) in [6, 6.07) is 0. The number of hydrogen-bond donors (Lipinski definition) is 0. The Morgan fingerprint density at radius 2 is 1.91 bits per heavy atom. The lowest BCUT2D eigenvalue weighted by atomic mass is 10.3. The van der Waals surface area contributed by atoms with Crippen molar-refractivity contribution in [3.8, 4) is 0 Å². The first-order valence-corrected chi connectivity index (χ1v) is 3.09. The molecular weight excluding hydrogens is 144 g/mol. The number of likely N-dealkylation sites (N-methyl/N-ethyl adjacent to an activating group) is 1. The molecule has 0 N–H and O–H groups in total. The zero-order valence-electron chi connectivity index (χ0n) is 6.42. The Morgan fingerprint density at radius 3 is 2.09 bits per heavy atom. The van der Waals surface area contributed by atoms with Crippen molar-refractivity contribution in [3.05, 3.63) is 11.3 Å². The lowest BCUT2D eigenvalue weighted by molar-refractivity contribution is -0.135. The van der Waals surface area contributed by atoms with Crippen LogP contribution in [0.4, 0.5) is 0 Å². The summed E-state index contributed by atoms with van der Waals surface area (Å²) >= 11 is 0. The van der Waals surface area contributed by atoms with E-state index in [9.17, 15) is 9.59 Å². The molecule has 0 aromatic rings. The van der Waals surface area contributed by atoms with Gasteiger partial charge in [-0.15, -0.1) is 0 Å². The summed E-state index contributed by atoms with van der Waals surface area (Å²) in [5.41, 5.74) is 0.532. The van der Waals surface area contributed by atoms with E-state index < -0.39 is 0 Å². The summed E-state index contributed by atoms with van der Waals surface area (Å²) in [5, 5.41) is 0. The molecule has 1 heterocycles. The first-order valence-electron chi connectivity index (χ1n) is 3.09. The summed E-state index contributed by atoms with van der Waals surface area (Å²) in [5.74, 6) is -0.667. The monoisotopic (exact) mass is 152 g/mol. The van der Waals surface area contributed by atoms with Crippen molar-refractivity contribution in [1.82, 2.24) is 4.90 Å². The third-order valence-corrected chi connectivity index (χ3v) is 1.65. The topological polar surface area (TPSA) is 49.7 Å². The van der Waals surface area contributed by atoms with Crippen LogP contribution in [0.2, 0.25) is 0 Å². The normalized spacial score (nSPS) is 18.2. The standard InChI is InChI=1S/C7H8N2O2/c1-4-5(8-2)7(11)9(3)6(4)10/h2H2,1,3H3. The van der Waals surface area contributed by atoms with E-state index in [1.165, 1.54) is 7.05 Å². The van der Waals surface area contributed by atoms with Crippen LogP contribution < -0.4 is 0 Å². The van der Waals surface area contributed by atoms with Gasteiger partial charge in [-0.2, -0.15) is 0 Å². The molecule has 1 aliphatic rings. The molecule has 1 rings (SSSR count). The van der Waals surface area contributed by atoms with Crippen LogP contribution in [0.1, 0.15) is 6.92 Å². The maximum atomic E-state index is 11.1. The first-order chi connectivity index (χ1) is 5.09. The summed E-state index contributed by atoms with van der Waals surface area (Å²) < 4.78 is 0. The van der Waals surface area contributed by atoms with E-state index in [1.54, 1.807) is 6.92 Å². The molecule has 0 aromatic heterocycles. The molecule has 0 atom stereocenters. The van der Waals surface area contributed by atoms with Gasteiger partial charge < -0.3 is 0 Å². The summed E-state index contributed by atoms with van der Waals surface area (Å²) in [6.07, 6.45) is 0. The van der Waals surface area contributed by atoms with Gasteiger partial charge in [-0.05, 0) is 13.6 Å². The Labute approximate surface area is 64.2 Å². The molecule has 0 spiro atoms. The third-order valence-electron chi connectivity index (χ3n) is 1.65. The molecule has 2 amide bonds. The molecule has 0 saturated carbocycles. The zero-order chi connectivity index (χ0) is 8.59. The van der Waals surface area contributed by atoms with Gasteiger partial charge in [-0.3, -0.25) is 19.5 Å². The number of nitrogens with zero attached hydrogens (tertiary/aromatic N) is 2. The molecule has 0 radical (unpaired) electrons. The SMILES string of the molecule is C=NC1=C(C)C(=O)N(C)C1=O. The molecular formula is C7H8N2O2. The van der Waals surface area contributed by atoms with Gasteiger partial charge in [-0.25, -0.2) is 0 Å². The first kappa shape index (κ1) is 7.65. The highest BCUT2D eigenvalue weighted by Crippen LogP contribution is 2.18. The number of aliphatic imine (C=N–C) groups is 1. The molecule has 0 saturated heterocycles. The maximum absolute atomic E-state index is 11.1. The number of rotatable bonds is 1. The minimum absolute atomic E-state index is 0.164. The number of carbonyl (C=O) groups excluding carboxylic acids is 2. The highest BCUT2D eigenvalue weighted by atomic mass is 16.2. The van der Waals surface area contributed by atoms with Crippen LogP contribution in [-0.4, -0.2) is 30.5 Å². The Morgan fingerprint density at radius 1 is 1.36 bits per heavy atom. The fourth-order valence-corrected chi connectivity index (χ4v) is 0.951. The van der Waals surface area contributed by atoms with Crippen LogP contribution in [0.3, 0.4) is 0 Å². The number of carbonyl (C=O) groups is 2. The van der Waals surface area contributed by atoms with Crippen LogP contribution >= 0.6 is 0 Å². The van der Waals surface area contributed by atoms with Crippen molar-refractivity contribution >= 4 is 18.5 Å². The molecule has 1 aliphatic heterocycles. The van der Waals surface area contributed by atoms with Gasteiger partial charge in [0.25, 0.3) is 11.8 Å². The quantitative estimate of drug-likeness (QED) is 0.391. The van der Waals surface area contributed by atoms with Gasteiger partial charge in [0.05, 0.1) is 0 Å². The zero-order valence-corrected chi connectivity index (χ0v) is 6.42. The third kappa shape index (κ3) is 0.869. The van der Waals surface area contributed by atoms with Crippen LogP contribution in [0.25, 0.3) is 0 Å². The fourth-order valence-electron chi connectivity index (χ4n) is 0.951. The highest BCUT2D eigenvalue weighted by molar-refractivity contribution is 6.18. The molecule has 4 heteroatoms. The molecule has 11 heavy (non-hydrogen) atoms. The molecule has 0 unspecified atom stereocenters. The molecule has 0 bridgehead atoms. The van der Waals surface area contributed by atoms with Crippen LogP contribution in [0, 0.1) is 0 Å². The Kier molecular flexibility index (Phi) is 1.60. The Bertz CT molecular complexity index is 278. The van der Waals surface area contributed by atoms with E-state index in [0.717, 1.165) is 4.90 Å². The molecule has 4 nitrogen and oxygen atoms in total. The van der Waals surface area contributed by atoms with E-state index in [1.807, 2.05) is 0 Å². The predicted molar refractivity (Wildman–Crippen MR) is 40.0 cm³/mol. The average Bonchev–Trinajstić information content (AvgIpc) is 2.17. The summed E-state index contributed by atoms with van der Waals surface area (Å²) in [4.78, 5) is 26.6. The van der Waals surface area contributed by atoms with Crippen molar-refractivity contribution in [2.45, 2.75) is 6.92 Å². The minimum Gasteiger partial charge on any atom is -0.276 e. The summed E-state index contributed by atoms with van der Waals surface area (Å²) in [6.45, 7) is 4.77. The van der Waals surface area contributed by atoms with Gasteiger partial charge in [0, 0.05) is 12.6 Å². The minimum atomic E-state index is -0.373. The number of amides is 2. The maximum Gasteiger partial charge on any atom is 0.279 e. The van der Waals surface area contributed by atoms with Gasteiger partial charge >= 0.3 is 0 Å². The molecule has 0 fully saturated rings. The van der Waals surface area contributed by atoms with E-state index in [2.05, 4.69) is 11.7 Å². The van der Waals surface area contributed by atoms with Crippen molar-refractivity contribution in [2.24, 2.45) is 4.99 Å². The molecule has 0 aliphatic carbocycles. The molecule has 0 aromatic carbocycles. The van der Waals surface area contributed by atoms with Crippen molar-refractivity contribution < 1.29 is 9.59 Å². The van der Waals surface area contributed by atoms with E-state index >= 15 is 0 Å². The Hall–Kier alpha value is -1.45. The van der Waals surface area contributed by atoms with Crippen molar-refractivity contribution in [2.75, 3.05) is 7.05 Å².